The number of fused-ring (bicyclic) bond motifs is 1. The lowest BCUT2D eigenvalue weighted by Crippen LogP contribution is -2.24. The second-order valence-electron chi connectivity index (χ2n) is 5.41. The van der Waals surface area contributed by atoms with Crippen LogP contribution in [-0.4, -0.2) is 29.4 Å². The quantitative estimate of drug-likeness (QED) is 0.731. The van der Waals surface area contributed by atoms with E-state index < -0.39 is 0 Å². The minimum absolute atomic E-state index is 0.154. The number of thioether (sulfide) groups is 1. The van der Waals surface area contributed by atoms with Gasteiger partial charge in [0.1, 0.15) is 0 Å². The molecule has 0 aliphatic rings. The molecule has 3 nitrogen and oxygen atoms in total. The molecule has 1 aromatic carbocycles. The molecule has 0 aliphatic heterocycles. The van der Waals surface area contributed by atoms with Crippen LogP contribution >= 0.6 is 11.8 Å². The highest BCUT2D eigenvalue weighted by Crippen LogP contribution is 2.20. The van der Waals surface area contributed by atoms with Gasteiger partial charge in [0, 0.05) is 30.1 Å². The first-order valence-electron chi connectivity index (χ1n) is 7.53. The summed E-state index contributed by atoms with van der Waals surface area (Å²) in [6.45, 7) is 2.89. The molecule has 0 saturated carbocycles. The van der Waals surface area contributed by atoms with Gasteiger partial charge in [0.2, 0.25) is 5.91 Å². The fourth-order valence-electron chi connectivity index (χ4n) is 2.43. The van der Waals surface area contributed by atoms with Crippen LogP contribution in [0.25, 0.3) is 10.9 Å². The fourth-order valence-corrected chi connectivity index (χ4v) is 2.93. The van der Waals surface area contributed by atoms with Crippen LogP contribution in [0.3, 0.4) is 0 Å². The van der Waals surface area contributed by atoms with Crippen LogP contribution in [0.1, 0.15) is 30.4 Å². The van der Waals surface area contributed by atoms with E-state index in [1.165, 1.54) is 28.7 Å². The first-order chi connectivity index (χ1) is 10.2. The summed E-state index contributed by atoms with van der Waals surface area (Å²) in [4.78, 5) is 15.1. The maximum atomic E-state index is 11.8. The molecule has 2 N–H and O–H groups in total. The number of amides is 1. The summed E-state index contributed by atoms with van der Waals surface area (Å²) in [5, 5.41) is 4.24. The van der Waals surface area contributed by atoms with Crippen LogP contribution < -0.4 is 5.32 Å². The number of aryl methyl sites for hydroxylation is 2. The van der Waals surface area contributed by atoms with E-state index in [0.717, 1.165) is 24.9 Å². The Labute approximate surface area is 130 Å². The van der Waals surface area contributed by atoms with Crippen molar-refractivity contribution >= 4 is 28.6 Å². The molecule has 21 heavy (non-hydrogen) atoms. The minimum Gasteiger partial charge on any atom is -0.361 e. The summed E-state index contributed by atoms with van der Waals surface area (Å²) >= 11 is 1.86. The number of carbonyl (C=O) groups excluding carboxylic acids is 1. The second kappa shape index (κ2) is 8.13. The number of H-pyrrole nitrogens is 1. The molecule has 2 rings (SSSR count). The summed E-state index contributed by atoms with van der Waals surface area (Å²) < 4.78 is 0. The lowest BCUT2D eigenvalue weighted by molar-refractivity contribution is -0.121. The lowest BCUT2D eigenvalue weighted by Gasteiger charge is -2.05. The Balaban J connectivity index is 1.79. The van der Waals surface area contributed by atoms with E-state index in [-0.39, 0.29) is 5.91 Å². The Hall–Kier alpha value is -1.42. The van der Waals surface area contributed by atoms with Gasteiger partial charge in [-0.2, -0.15) is 11.8 Å². The first-order valence-corrected chi connectivity index (χ1v) is 8.92. The van der Waals surface area contributed by atoms with Gasteiger partial charge in [0.25, 0.3) is 0 Å². The summed E-state index contributed by atoms with van der Waals surface area (Å²) in [5.74, 6) is 1.33. The van der Waals surface area contributed by atoms with Crippen LogP contribution in [0.5, 0.6) is 0 Å². The molecule has 1 heterocycles. The summed E-state index contributed by atoms with van der Waals surface area (Å²) in [6.07, 6.45) is 7.73. The number of unbranched alkanes of at least 4 members (excludes halogenated alkanes) is 1. The summed E-state index contributed by atoms with van der Waals surface area (Å²) in [6, 6.07) is 6.38. The zero-order valence-electron chi connectivity index (χ0n) is 12.9. The van der Waals surface area contributed by atoms with E-state index in [1.807, 2.05) is 18.0 Å². The zero-order valence-corrected chi connectivity index (χ0v) is 13.7. The largest absolute Gasteiger partial charge is 0.361 e. The SMILES string of the molecule is CSCCCCNC(=O)CCc1c[nH]c2ccc(C)cc12. The van der Waals surface area contributed by atoms with Gasteiger partial charge in [-0.1, -0.05) is 11.6 Å². The number of rotatable bonds is 8. The fraction of sp³-hybridized carbons (Fsp3) is 0.471. The predicted octanol–water partition coefficient (Wildman–Crippen LogP) is 3.67. The third kappa shape index (κ3) is 4.81. The van der Waals surface area contributed by atoms with Gasteiger partial charge in [-0.15, -0.1) is 0 Å². The summed E-state index contributed by atoms with van der Waals surface area (Å²) in [5.41, 5.74) is 3.63. The highest BCUT2D eigenvalue weighted by Gasteiger charge is 2.07. The van der Waals surface area contributed by atoms with E-state index in [1.54, 1.807) is 0 Å². The van der Waals surface area contributed by atoms with E-state index >= 15 is 0 Å². The van der Waals surface area contributed by atoms with Crippen LogP contribution in [0.15, 0.2) is 24.4 Å². The van der Waals surface area contributed by atoms with Crippen molar-refractivity contribution in [1.82, 2.24) is 10.3 Å². The van der Waals surface area contributed by atoms with Crippen molar-refractivity contribution in [3.8, 4) is 0 Å². The molecule has 0 saturated heterocycles. The number of carbonyl (C=O) groups is 1. The van der Waals surface area contributed by atoms with Crippen molar-refractivity contribution in [3.63, 3.8) is 0 Å². The van der Waals surface area contributed by atoms with E-state index in [4.69, 9.17) is 0 Å². The number of hydrogen-bond donors (Lipinski definition) is 2. The molecule has 1 amide bonds. The number of benzene rings is 1. The Morgan fingerprint density at radius 1 is 1.33 bits per heavy atom. The Kier molecular flexibility index (Phi) is 6.18. The monoisotopic (exact) mass is 304 g/mol. The minimum atomic E-state index is 0.154. The number of aromatic nitrogens is 1. The standard InChI is InChI=1S/C17H24N2OS/c1-13-5-7-16-15(11-13)14(12-19-16)6-8-17(20)18-9-3-4-10-21-2/h5,7,11-12,19H,3-4,6,8-10H2,1-2H3,(H,18,20). The van der Waals surface area contributed by atoms with Crippen molar-refractivity contribution in [1.29, 1.82) is 0 Å². The van der Waals surface area contributed by atoms with Gasteiger partial charge in [0.15, 0.2) is 0 Å². The topological polar surface area (TPSA) is 44.9 Å². The van der Waals surface area contributed by atoms with Crippen LogP contribution in [0.2, 0.25) is 0 Å². The molecule has 0 radical (unpaired) electrons. The maximum Gasteiger partial charge on any atom is 0.220 e. The van der Waals surface area contributed by atoms with Crippen molar-refractivity contribution in [2.45, 2.75) is 32.6 Å². The van der Waals surface area contributed by atoms with Crippen LogP contribution in [0, 0.1) is 6.92 Å². The van der Waals surface area contributed by atoms with Crippen molar-refractivity contribution in [3.05, 3.63) is 35.5 Å². The van der Waals surface area contributed by atoms with Gasteiger partial charge in [-0.25, -0.2) is 0 Å². The zero-order chi connectivity index (χ0) is 15.1. The van der Waals surface area contributed by atoms with Crippen LogP contribution in [-0.2, 0) is 11.2 Å². The Morgan fingerprint density at radius 3 is 3.00 bits per heavy atom. The Morgan fingerprint density at radius 2 is 2.19 bits per heavy atom. The van der Waals surface area contributed by atoms with E-state index in [9.17, 15) is 4.79 Å². The lowest BCUT2D eigenvalue weighted by atomic mass is 10.1. The molecule has 114 valence electrons. The third-order valence-corrected chi connectivity index (χ3v) is 4.34. The maximum absolute atomic E-state index is 11.8. The average Bonchev–Trinajstić information content (AvgIpc) is 2.87. The smallest absolute Gasteiger partial charge is 0.220 e. The molecule has 0 atom stereocenters. The normalized spacial score (nSPS) is 11.0. The predicted molar refractivity (Wildman–Crippen MR) is 92.0 cm³/mol. The molecule has 0 unspecified atom stereocenters. The highest BCUT2D eigenvalue weighted by atomic mass is 32.2. The molecule has 0 spiro atoms. The van der Waals surface area contributed by atoms with E-state index in [2.05, 4.69) is 41.7 Å². The van der Waals surface area contributed by atoms with Crippen LogP contribution in [0.4, 0.5) is 0 Å². The van der Waals surface area contributed by atoms with Crippen molar-refractivity contribution < 1.29 is 4.79 Å². The molecule has 0 aliphatic carbocycles. The average molecular weight is 304 g/mol. The molecule has 4 heteroatoms. The second-order valence-corrected chi connectivity index (χ2v) is 6.40. The number of nitrogens with one attached hydrogen (secondary N) is 2. The summed E-state index contributed by atoms with van der Waals surface area (Å²) in [7, 11) is 0. The molecule has 2 aromatic rings. The van der Waals surface area contributed by atoms with Gasteiger partial charge in [-0.3, -0.25) is 4.79 Å². The highest BCUT2D eigenvalue weighted by molar-refractivity contribution is 7.98. The van der Waals surface area contributed by atoms with E-state index in [0.29, 0.717) is 6.42 Å². The van der Waals surface area contributed by atoms with Crippen molar-refractivity contribution in [2.24, 2.45) is 0 Å². The first kappa shape index (κ1) is 16.0. The Bertz CT molecular complexity index is 591. The molecule has 0 bridgehead atoms. The molecule has 1 aromatic heterocycles. The third-order valence-electron chi connectivity index (χ3n) is 3.64. The number of aromatic amines is 1. The molecule has 0 fully saturated rings. The van der Waals surface area contributed by atoms with Gasteiger partial charge < -0.3 is 10.3 Å². The van der Waals surface area contributed by atoms with Gasteiger partial charge >= 0.3 is 0 Å². The van der Waals surface area contributed by atoms with Gasteiger partial charge in [-0.05, 0) is 55.9 Å². The van der Waals surface area contributed by atoms with Crippen molar-refractivity contribution in [2.75, 3.05) is 18.6 Å². The molecular formula is C17H24N2OS. The molecular weight excluding hydrogens is 280 g/mol. The van der Waals surface area contributed by atoms with Gasteiger partial charge in [0.05, 0.1) is 0 Å². The number of hydrogen-bond acceptors (Lipinski definition) is 2.